The van der Waals surface area contributed by atoms with Crippen LogP contribution in [0.25, 0.3) is 44.2 Å². The summed E-state index contributed by atoms with van der Waals surface area (Å²) in [5.41, 5.74) is 5.39. The summed E-state index contributed by atoms with van der Waals surface area (Å²) in [7, 11) is 1.66. The maximum absolute atomic E-state index is 10.6. The van der Waals surface area contributed by atoms with Crippen molar-refractivity contribution in [1.82, 2.24) is 9.97 Å². The van der Waals surface area contributed by atoms with Gasteiger partial charge in [-0.05, 0) is 47.5 Å². The van der Waals surface area contributed by atoms with E-state index in [1.54, 1.807) is 7.11 Å². The van der Waals surface area contributed by atoms with Gasteiger partial charge in [0.1, 0.15) is 5.75 Å². The van der Waals surface area contributed by atoms with Gasteiger partial charge in [0.2, 0.25) is 0 Å². The molecule has 0 atom stereocenters. The Bertz CT molecular complexity index is 1300. The number of pyridine rings is 1. The van der Waals surface area contributed by atoms with E-state index in [-0.39, 0.29) is 5.88 Å². The van der Waals surface area contributed by atoms with Crippen molar-refractivity contribution in [3.8, 4) is 34.0 Å². The lowest BCUT2D eigenvalue weighted by molar-refractivity contribution is 0.415. The average molecular weight is 366 g/mol. The van der Waals surface area contributed by atoms with E-state index in [2.05, 4.69) is 11.1 Å². The first-order valence-electron chi connectivity index (χ1n) is 9.08. The molecule has 0 fully saturated rings. The van der Waals surface area contributed by atoms with Crippen LogP contribution in [0.15, 0.2) is 78.9 Å². The van der Waals surface area contributed by atoms with Gasteiger partial charge in [-0.15, -0.1) is 0 Å². The van der Waals surface area contributed by atoms with Crippen molar-refractivity contribution in [2.45, 2.75) is 0 Å². The summed E-state index contributed by atoms with van der Waals surface area (Å²) in [5.74, 6) is 0.954. The summed E-state index contributed by atoms with van der Waals surface area (Å²) in [6.45, 7) is 0. The molecule has 2 aromatic heterocycles. The van der Waals surface area contributed by atoms with Crippen molar-refractivity contribution in [2.24, 2.45) is 0 Å². The zero-order valence-corrected chi connectivity index (χ0v) is 15.3. The predicted molar refractivity (Wildman–Crippen MR) is 113 cm³/mol. The van der Waals surface area contributed by atoms with Gasteiger partial charge in [0.25, 0.3) is 0 Å². The van der Waals surface area contributed by atoms with Gasteiger partial charge in [0.15, 0.2) is 5.88 Å². The van der Waals surface area contributed by atoms with Crippen molar-refractivity contribution in [1.29, 1.82) is 0 Å². The minimum Gasteiger partial charge on any atom is -0.497 e. The number of aromatic hydroxyl groups is 1. The number of benzene rings is 3. The van der Waals surface area contributed by atoms with Gasteiger partial charge < -0.3 is 14.8 Å². The third-order valence-corrected chi connectivity index (χ3v) is 5.06. The lowest BCUT2D eigenvalue weighted by Crippen LogP contribution is -1.85. The van der Waals surface area contributed by atoms with Crippen LogP contribution in [0.3, 0.4) is 0 Å². The minimum atomic E-state index is 0.129. The van der Waals surface area contributed by atoms with Gasteiger partial charge >= 0.3 is 0 Å². The van der Waals surface area contributed by atoms with Crippen LogP contribution in [0, 0.1) is 0 Å². The maximum Gasteiger partial charge on any atom is 0.199 e. The van der Waals surface area contributed by atoms with Crippen molar-refractivity contribution in [3.63, 3.8) is 0 Å². The standard InChI is InChI=1S/C24H18N2O2/c1-28-18-10-6-15(7-11-18)17-9-12-21-19(14-17)23(24(27)26-21)22-13-8-16-4-2-3-5-20(16)25-22/h2-14,26-27H,1H3. The lowest BCUT2D eigenvalue weighted by Gasteiger charge is -2.06. The Morgan fingerprint density at radius 1 is 0.857 bits per heavy atom. The molecule has 2 N–H and O–H groups in total. The third kappa shape index (κ3) is 2.67. The van der Waals surface area contributed by atoms with E-state index >= 15 is 0 Å². The van der Waals surface area contributed by atoms with E-state index in [9.17, 15) is 5.11 Å². The molecule has 2 heterocycles. The molecule has 136 valence electrons. The number of fused-ring (bicyclic) bond motifs is 2. The largest absolute Gasteiger partial charge is 0.497 e. The number of nitrogens with zero attached hydrogens (tertiary/aromatic N) is 1. The van der Waals surface area contributed by atoms with Crippen LogP contribution >= 0.6 is 0 Å². The number of methoxy groups -OCH3 is 1. The Hall–Kier alpha value is -3.79. The Kier molecular flexibility index (Phi) is 3.76. The minimum absolute atomic E-state index is 0.129. The SMILES string of the molecule is COc1ccc(-c2ccc3[nH]c(O)c(-c4ccc5ccccc5n4)c3c2)cc1. The molecule has 4 heteroatoms. The van der Waals surface area contributed by atoms with Gasteiger partial charge in [-0.3, -0.25) is 0 Å². The van der Waals surface area contributed by atoms with E-state index in [1.807, 2.05) is 72.8 Å². The molecule has 28 heavy (non-hydrogen) atoms. The summed E-state index contributed by atoms with van der Waals surface area (Å²) in [6, 6.07) is 26.0. The number of hydrogen-bond acceptors (Lipinski definition) is 3. The number of para-hydroxylation sites is 1. The van der Waals surface area contributed by atoms with Crippen LogP contribution < -0.4 is 4.74 Å². The first-order chi connectivity index (χ1) is 13.7. The average Bonchev–Trinajstić information content (AvgIpc) is 3.08. The number of aromatic nitrogens is 2. The molecule has 0 saturated carbocycles. The molecule has 0 aliphatic carbocycles. The van der Waals surface area contributed by atoms with Crippen LogP contribution in [0.2, 0.25) is 0 Å². The molecular formula is C24H18N2O2. The van der Waals surface area contributed by atoms with Crippen LogP contribution in [0.5, 0.6) is 11.6 Å². The van der Waals surface area contributed by atoms with Crippen molar-refractivity contribution in [3.05, 3.63) is 78.9 Å². The van der Waals surface area contributed by atoms with Gasteiger partial charge in [-0.2, -0.15) is 0 Å². The van der Waals surface area contributed by atoms with Crippen LogP contribution in [-0.4, -0.2) is 22.2 Å². The molecule has 5 rings (SSSR count). The van der Waals surface area contributed by atoms with Crippen molar-refractivity contribution >= 4 is 21.8 Å². The number of hydrogen-bond donors (Lipinski definition) is 2. The van der Waals surface area contributed by atoms with Crippen molar-refractivity contribution < 1.29 is 9.84 Å². The Morgan fingerprint density at radius 3 is 2.46 bits per heavy atom. The second-order valence-electron chi connectivity index (χ2n) is 6.73. The smallest absolute Gasteiger partial charge is 0.199 e. The normalized spacial score (nSPS) is 11.2. The van der Waals surface area contributed by atoms with Crippen LogP contribution in [0.1, 0.15) is 0 Å². The first-order valence-corrected chi connectivity index (χ1v) is 9.08. The second kappa shape index (κ2) is 6.43. The zero-order valence-electron chi connectivity index (χ0n) is 15.3. The Balaban J connectivity index is 1.68. The fourth-order valence-corrected chi connectivity index (χ4v) is 3.61. The van der Waals surface area contributed by atoms with E-state index in [0.717, 1.165) is 49.9 Å². The third-order valence-electron chi connectivity index (χ3n) is 5.06. The highest BCUT2D eigenvalue weighted by molar-refractivity contribution is 6.01. The molecule has 5 aromatic rings. The topological polar surface area (TPSA) is 58.1 Å². The van der Waals surface area contributed by atoms with Crippen LogP contribution in [0.4, 0.5) is 0 Å². The number of rotatable bonds is 3. The van der Waals surface area contributed by atoms with Gasteiger partial charge in [-0.25, -0.2) is 4.98 Å². The van der Waals surface area contributed by atoms with Crippen molar-refractivity contribution in [2.75, 3.05) is 7.11 Å². The summed E-state index contributed by atoms with van der Waals surface area (Å²) in [4.78, 5) is 7.82. The summed E-state index contributed by atoms with van der Waals surface area (Å²) in [6.07, 6.45) is 0. The number of aromatic amines is 1. The van der Waals surface area contributed by atoms with E-state index in [4.69, 9.17) is 9.72 Å². The summed E-state index contributed by atoms with van der Waals surface area (Å²) < 4.78 is 5.24. The molecule has 0 spiro atoms. The molecule has 0 unspecified atom stereocenters. The monoisotopic (exact) mass is 366 g/mol. The fraction of sp³-hybridized carbons (Fsp3) is 0.0417. The quantitative estimate of drug-likeness (QED) is 0.426. The zero-order chi connectivity index (χ0) is 19.1. The molecule has 3 aromatic carbocycles. The van der Waals surface area contributed by atoms with Crippen LogP contribution in [-0.2, 0) is 0 Å². The fourth-order valence-electron chi connectivity index (χ4n) is 3.61. The highest BCUT2D eigenvalue weighted by Gasteiger charge is 2.15. The van der Waals surface area contributed by atoms with Gasteiger partial charge in [-0.1, -0.05) is 42.5 Å². The lowest BCUT2D eigenvalue weighted by atomic mass is 10.0. The van der Waals surface area contributed by atoms with Gasteiger partial charge in [0, 0.05) is 16.3 Å². The second-order valence-corrected chi connectivity index (χ2v) is 6.73. The number of nitrogens with one attached hydrogen (secondary N) is 1. The van der Waals surface area contributed by atoms with E-state index in [1.165, 1.54) is 0 Å². The molecule has 0 bridgehead atoms. The highest BCUT2D eigenvalue weighted by Crippen LogP contribution is 2.38. The molecule has 0 aliphatic rings. The Morgan fingerprint density at radius 2 is 1.64 bits per heavy atom. The number of H-pyrrole nitrogens is 1. The molecule has 0 amide bonds. The summed E-state index contributed by atoms with van der Waals surface area (Å²) >= 11 is 0. The predicted octanol–water partition coefficient (Wildman–Crippen LogP) is 5.76. The highest BCUT2D eigenvalue weighted by atomic mass is 16.5. The molecular weight excluding hydrogens is 348 g/mol. The Labute approximate surface area is 162 Å². The van der Waals surface area contributed by atoms with E-state index < -0.39 is 0 Å². The van der Waals surface area contributed by atoms with E-state index in [0.29, 0.717) is 0 Å². The van der Waals surface area contributed by atoms with Gasteiger partial charge in [0.05, 0.1) is 23.9 Å². The molecule has 0 saturated heterocycles. The number of ether oxygens (including phenoxy) is 1. The first kappa shape index (κ1) is 16.4. The maximum atomic E-state index is 10.6. The molecule has 0 radical (unpaired) electrons. The molecule has 0 aliphatic heterocycles. The summed E-state index contributed by atoms with van der Waals surface area (Å²) in [5, 5.41) is 12.6. The molecule has 4 nitrogen and oxygen atoms in total.